The van der Waals surface area contributed by atoms with E-state index in [-0.39, 0.29) is 17.1 Å². The number of aromatic nitrogens is 4. The Kier molecular flexibility index (Phi) is 5.12. The normalized spacial score (nSPS) is 11.0. The van der Waals surface area contributed by atoms with Crippen LogP contribution in [0.1, 0.15) is 0 Å². The van der Waals surface area contributed by atoms with Gasteiger partial charge in [0.05, 0.1) is 37.6 Å². The Bertz CT molecular complexity index is 605. The van der Waals surface area contributed by atoms with Crippen molar-refractivity contribution in [2.24, 2.45) is 0 Å². The summed E-state index contributed by atoms with van der Waals surface area (Å²) in [6, 6.07) is 1.87. The Morgan fingerprint density at radius 1 is 1.19 bits per heavy atom. The zero-order chi connectivity index (χ0) is 15.2. The summed E-state index contributed by atoms with van der Waals surface area (Å²) in [5.74, 6) is -1.44. The van der Waals surface area contributed by atoms with E-state index in [2.05, 4.69) is 15.5 Å². The second-order valence-corrected chi connectivity index (χ2v) is 4.18. The van der Waals surface area contributed by atoms with Crippen LogP contribution in [0.25, 0.3) is 11.4 Å². The number of nitrogens with zero attached hydrogens (tertiary/aromatic N) is 4. The smallest absolute Gasteiger partial charge is 0.185 e. The molecule has 0 saturated heterocycles. The Hall–Kier alpha value is -2.13. The molecule has 0 amide bonds. The monoisotopic (exact) mass is 299 g/mol. The molecule has 0 aliphatic heterocycles. The summed E-state index contributed by atoms with van der Waals surface area (Å²) in [7, 11) is 1.57. The molecule has 2 N–H and O–H groups in total. The number of rotatable bonds is 7. The van der Waals surface area contributed by atoms with Gasteiger partial charge in [-0.2, -0.15) is 0 Å². The maximum Gasteiger partial charge on any atom is 0.185 e. The number of hydrogen-bond donors (Lipinski definition) is 1. The third-order valence-electron chi connectivity index (χ3n) is 2.74. The Morgan fingerprint density at radius 3 is 2.76 bits per heavy atom. The molecule has 0 aliphatic rings. The van der Waals surface area contributed by atoms with Gasteiger partial charge in [-0.05, 0) is 16.5 Å². The lowest BCUT2D eigenvalue weighted by molar-refractivity contribution is 0.0654. The molecule has 2 aromatic rings. The fraction of sp³-hybridized carbons (Fsp3) is 0.417. The van der Waals surface area contributed by atoms with Gasteiger partial charge in [0.15, 0.2) is 5.82 Å². The fourth-order valence-corrected chi connectivity index (χ4v) is 1.68. The molecule has 21 heavy (non-hydrogen) atoms. The summed E-state index contributed by atoms with van der Waals surface area (Å²) in [4.78, 5) is 0. The van der Waals surface area contributed by atoms with Crippen molar-refractivity contribution in [3.8, 4) is 11.4 Å². The number of halogens is 2. The minimum Gasteiger partial charge on any atom is -0.396 e. The van der Waals surface area contributed by atoms with E-state index in [0.717, 1.165) is 0 Å². The second kappa shape index (κ2) is 7.04. The number of methoxy groups -OCH3 is 1. The van der Waals surface area contributed by atoms with E-state index in [1.54, 1.807) is 7.11 Å². The van der Waals surface area contributed by atoms with E-state index >= 15 is 0 Å². The lowest BCUT2D eigenvalue weighted by Crippen LogP contribution is -2.12. The highest BCUT2D eigenvalue weighted by Crippen LogP contribution is 2.24. The van der Waals surface area contributed by atoms with E-state index in [1.165, 1.54) is 10.7 Å². The van der Waals surface area contributed by atoms with Crippen molar-refractivity contribution in [2.45, 2.75) is 6.54 Å². The Balaban J connectivity index is 2.11. The van der Waals surface area contributed by atoms with Crippen molar-refractivity contribution in [3.05, 3.63) is 23.8 Å². The average molecular weight is 299 g/mol. The third-order valence-corrected chi connectivity index (χ3v) is 2.74. The molecular formula is C12H15F2N5O2. The van der Waals surface area contributed by atoms with E-state index in [9.17, 15) is 8.78 Å². The molecule has 0 saturated carbocycles. The van der Waals surface area contributed by atoms with Gasteiger partial charge < -0.3 is 15.2 Å². The van der Waals surface area contributed by atoms with E-state index in [1.807, 2.05) is 0 Å². The first kappa shape index (κ1) is 15.3. The van der Waals surface area contributed by atoms with Crippen LogP contribution >= 0.6 is 0 Å². The highest BCUT2D eigenvalue weighted by Gasteiger charge is 2.16. The van der Waals surface area contributed by atoms with Gasteiger partial charge in [-0.25, -0.2) is 13.5 Å². The maximum absolute atomic E-state index is 13.8. The highest BCUT2D eigenvalue weighted by atomic mass is 19.1. The number of hydrogen-bond acceptors (Lipinski definition) is 6. The lowest BCUT2D eigenvalue weighted by atomic mass is 10.1. The average Bonchev–Trinajstić information content (AvgIpc) is 2.91. The lowest BCUT2D eigenvalue weighted by Gasteiger charge is -2.07. The summed E-state index contributed by atoms with van der Waals surface area (Å²) in [5.41, 5.74) is 5.31. The molecule has 1 heterocycles. The molecule has 0 spiro atoms. The number of ether oxygens (including phenoxy) is 2. The fourth-order valence-electron chi connectivity index (χ4n) is 1.68. The largest absolute Gasteiger partial charge is 0.396 e. The number of tetrazole rings is 1. The Morgan fingerprint density at radius 2 is 2.00 bits per heavy atom. The van der Waals surface area contributed by atoms with Crippen LogP contribution in [0.5, 0.6) is 0 Å². The van der Waals surface area contributed by atoms with E-state index < -0.39 is 11.6 Å². The molecule has 1 aromatic heterocycles. The van der Waals surface area contributed by atoms with Crippen molar-refractivity contribution >= 4 is 5.69 Å². The first-order chi connectivity index (χ1) is 10.1. The summed E-state index contributed by atoms with van der Waals surface area (Å²) in [6.07, 6.45) is 0. The number of nitrogens with two attached hydrogens (primary N) is 1. The van der Waals surface area contributed by atoms with E-state index in [0.29, 0.717) is 32.4 Å². The summed E-state index contributed by atoms with van der Waals surface area (Å²) >= 11 is 0. The number of benzene rings is 1. The standard InChI is InChI=1S/C12H15F2N5O2/c1-20-4-5-21-3-2-19-12(16-17-18-19)8-6-11(15)10(14)7-9(8)13/h6-7H,2-5,15H2,1H3. The van der Waals surface area contributed by atoms with Crippen molar-refractivity contribution in [2.75, 3.05) is 32.7 Å². The zero-order valence-corrected chi connectivity index (χ0v) is 11.4. The van der Waals surface area contributed by atoms with Gasteiger partial charge >= 0.3 is 0 Å². The summed E-state index contributed by atoms with van der Waals surface area (Å²) in [6.45, 7) is 1.57. The van der Waals surface area contributed by atoms with Gasteiger partial charge in [-0.1, -0.05) is 0 Å². The van der Waals surface area contributed by atoms with Gasteiger partial charge in [-0.15, -0.1) is 5.10 Å². The van der Waals surface area contributed by atoms with Crippen LogP contribution in [0.4, 0.5) is 14.5 Å². The molecule has 0 fully saturated rings. The van der Waals surface area contributed by atoms with Gasteiger partial charge in [-0.3, -0.25) is 0 Å². The van der Waals surface area contributed by atoms with Crippen LogP contribution in [0.15, 0.2) is 12.1 Å². The van der Waals surface area contributed by atoms with Crippen LogP contribution in [-0.4, -0.2) is 47.1 Å². The Labute approximate surface area is 119 Å². The third kappa shape index (κ3) is 3.70. The quantitative estimate of drug-likeness (QED) is 0.602. The minimum atomic E-state index is -0.821. The molecule has 0 aliphatic carbocycles. The van der Waals surface area contributed by atoms with Crippen LogP contribution in [0.2, 0.25) is 0 Å². The molecule has 0 atom stereocenters. The van der Waals surface area contributed by atoms with Crippen LogP contribution < -0.4 is 5.73 Å². The molecular weight excluding hydrogens is 284 g/mol. The maximum atomic E-state index is 13.8. The number of nitrogen functional groups attached to an aromatic ring is 1. The van der Waals surface area contributed by atoms with Gasteiger partial charge in [0.1, 0.15) is 11.6 Å². The SMILES string of the molecule is COCCOCCn1nnnc1-c1cc(N)c(F)cc1F. The molecule has 9 heteroatoms. The van der Waals surface area contributed by atoms with Gasteiger partial charge in [0.2, 0.25) is 0 Å². The highest BCUT2D eigenvalue weighted by molar-refractivity contribution is 5.62. The molecule has 2 rings (SSSR count). The first-order valence-electron chi connectivity index (χ1n) is 6.21. The van der Waals surface area contributed by atoms with Crippen LogP contribution in [-0.2, 0) is 16.0 Å². The second-order valence-electron chi connectivity index (χ2n) is 4.18. The zero-order valence-electron chi connectivity index (χ0n) is 11.4. The first-order valence-corrected chi connectivity index (χ1v) is 6.21. The topological polar surface area (TPSA) is 88.1 Å². The predicted molar refractivity (Wildman–Crippen MR) is 70.3 cm³/mol. The van der Waals surface area contributed by atoms with Crippen molar-refractivity contribution < 1.29 is 18.3 Å². The van der Waals surface area contributed by atoms with Crippen molar-refractivity contribution in [1.82, 2.24) is 20.2 Å². The molecule has 0 unspecified atom stereocenters. The van der Waals surface area contributed by atoms with Crippen molar-refractivity contribution in [1.29, 1.82) is 0 Å². The summed E-state index contributed by atoms with van der Waals surface area (Å²) in [5, 5.41) is 11.0. The van der Waals surface area contributed by atoms with Gasteiger partial charge in [0.25, 0.3) is 0 Å². The van der Waals surface area contributed by atoms with Crippen molar-refractivity contribution in [3.63, 3.8) is 0 Å². The minimum absolute atomic E-state index is 0.0378. The van der Waals surface area contributed by atoms with Crippen LogP contribution in [0.3, 0.4) is 0 Å². The molecule has 0 radical (unpaired) electrons. The molecule has 7 nitrogen and oxygen atoms in total. The summed E-state index contributed by atoms with van der Waals surface area (Å²) < 4.78 is 38.5. The number of anilines is 1. The van der Waals surface area contributed by atoms with Crippen LogP contribution in [0, 0.1) is 11.6 Å². The molecule has 1 aromatic carbocycles. The predicted octanol–water partition coefficient (Wildman–Crippen LogP) is 0.863. The molecule has 0 bridgehead atoms. The van der Waals surface area contributed by atoms with E-state index in [4.69, 9.17) is 15.2 Å². The molecule has 114 valence electrons. The van der Waals surface area contributed by atoms with Gasteiger partial charge in [0, 0.05) is 13.2 Å².